The Labute approximate surface area is 140 Å². The monoisotopic (exact) mass is 311 g/mol. The Balaban J connectivity index is 2.13. The molecule has 0 aromatic heterocycles. The molecule has 0 saturated carbocycles. The summed E-state index contributed by atoms with van der Waals surface area (Å²) in [5.41, 5.74) is 3.58. The quantitative estimate of drug-likeness (QED) is 0.532. The van der Waals surface area contributed by atoms with Gasteiger partial charge in [-0.2, -0.15) is 0 Å². The van der Waals surface area contributed by atoms with Crippen LogP contribution >= 0.6 is 0 Å². The second-order valence-corrected chi connectivity index (χ2v) is 5.91. The molecule has 0 atom stereocenters. The fraction of sp³-hybridized carbons (Fsp3) is 0.429. The minimum absolute atomic E-state index is 0.783. The highest BCUT2D eigenvalue weighted by atomic mass is 16.5. The van der Waals surface area contributed by atoms with Crippen LogP contribution in [-0.2, 0) is 0 Å². The van der Waals surface area contributed by atoms with E-state index in [0.29, 0.717) is 0 Å². The molecule has 0 saturated heterocycles. The second-order valence-electron chi connectivity index (χ2n) is 5.91. The van der Waals surface area contributed by atoms with Crippen molar-refractivity contribution in [2.45, 2.75) is 46.0 Å². The van der Waals surface area contributed by atoms with Gasteiger partial charge in [-0.3, -0.25) is 0 Å². The molecule has 2 heteroatoms. The van der Waals surface area contributed by atoms with Gasteiger partial charge in [-0.15, -0.1) is 0 Å². The first-order valence-corrected chi connectivity index (χ1v) is 8.91. The molecule has 1 N–H and O–H groups in total. The van der Waals surface area contributed by atoms with Gasteiger partial charge in [0, 0.05) is 6.54 Å². The van der Waals surface area contributed by atoms with E-state index in [2.05, 4.69) is 67.7 Å². The average molecular weight is 311 g/mol. The van der Waals surface area contributed by atoms with Gasteiger partial charge in [-0.1, -0.05) is 69.5 Å². The van der Waals surface area contributed by atoms with Gasteiger partial charge in [0.15, 0.2) is 0 Å². The van der Waals surface area contributed by atoms with Crippen molar-refractivity contribution in [2.75, 3.05) is 18.5 Å². The predicted octanol–water partition coefficient (Wildman–Crippen LogP) is 6.13. The van der Waals surface area contributed by atoms with Crippen LogP contribution < -0.4 is 10.1 Å². The first kappa shape index (κ1) is 17.4. The molecule has 0 fully saturated rings. The molecule has 0 amide bonds. The number of anilines is 1. The van der Waals surface area contributed by atoms with E-state index >= 15 is 0 Å². The molecule has 2 rings (SSSR count). The summed E-state index contributed by atoms with van der Waals surface area (Å²) < 4.78 is 5.96. The number of rotatable bonds is 10. The van der Waals surface area contributed by atoms with Crippen LogP contribution in [0.3, 0.4) is 0 Å². The van der Waals surface area contributed by atoms with Gasteiger partial charge in [0.2, 0.25) is 0 Å². The van der Waals surface area contributed by atoms with Crippen LogP contribution in [0.25, 0.3) is 11.1 Å². The highest BCUT2D eigenvalue weighted by molar-refractivity contribution is 5.71. The zero-order valence-corrected chi connectivity index (χ0v) is 14.5. The van der Waals surface area contributed by atoms with Crippen molar-refractivity contribution in [3.8, 4) is 16.9 Å². The number of hydrogen-bond acceptors (Lipinski definition) is 2. The molecular formula is C21H29NO. The SMILES string of the molecule is CCCCCNc1cc(-c2ccccc2)ccc1OCCCC. The van der Waals surface area contributed by atoms with Crippen molar-refractivity contribution in [1.29, 1.82) is 0 Å². The Morgan fingerprint density at radius 1 is 0.826 bits per heavy atom. The third-order valence-electron chi connectivity index (χ3n) is 3.94. The molecule has 0 heterocycles. The van der Waals surface area contributed by atoms with Crippen LogP contribution in [0.2, 0.25) is 0 Å². The van der Waals surface area contributed by atoms with Crippen molar-refractivity contribution in [2.24, 2.45) is 0 Å². The zero-order valence-electron chi connectivity index (χ0n) is 14.5. The van der Waals surface area contributed by atoms with Crippen LogP contribution in [-0.4, -0.2) is 13.2 Å². The highest BCUT2D eigenvalue weighted by Crippen LogP contribution is 2.31. The van der Waals surface area contributed by atoms with Crippen molar-refractivity contribution in [1.82, 2.24) is 0 Å². The van der Waals surface area contributed by atoms with E-state index in [1.165, 1.54) is 30.4 Å². The number of benzene rings is 2. The Morgan fingerprint density at radius 2 is 1.61 bits per heavy atom. The topological polar surface area (TPSA) is 21.3 Å². The maximum absolute atomic E-state index is 5.96. The fourth-order valence-electron chi connectivity index (χ4n) is 2.53. The van der Waals surface area contributed by atoms with Gasteiger partial charge in [0.05, 0.1) is 12.3 Å². The van der Waals surface area contributed by atoms with Crippen LogP contribution in [0.5, 0.6) is 5.75 Å². The lowest BCUT2D eigenvalue weighted by atomic mass is 10.0. The molecule has 0 unspecified atom stereocenters. The van der Waals surface area contributed by atoms with Crippen LogP contribution in [0.4, 0.5) is 5.69 Å². The third-order valence-corrected chi connectivity index (χ3v) is 3.94. The Hall–Kier alpha value is -1.96. The van der Waals surface area contributed by atoms with E-state index < -0.39 is 0 Å². The van der Waals surface area contributed by atoms with Gasteiger partial charge in [0.25, 0.3) is 0 Å². The van der Waals surface area contributed by atoms with E-state index in [1.54, 1.807) is 0 Å². The summed E-state index contributed by atoms with van der Waals surface area (Å²) in [5, 5.41) is 3.56. The summed E-state index contributed by atoms with van der Waals surface area (Å²) >= 11 is 0. The Bertz CT molecular complexity index is 565. The first-order chi connectivity index (χ1) is 11.3. The number of nitrogens with one attached hydrogen (secondary N) is 1. The van der Waals surface area contributed by atoms with Crippen LogP contribution in [0.1, 0.15) is 46.0 Å². The second kappa shape index (κ2) is 9.94. The molecule has 0 spiro atoms. The van der Waals surface area contributed by atoms with Crippen LogP contribution in [0, 0.1) is 0 Å². The molecule has 0 radical (unpaired) electrons. The maximum Gasteiger partial charge on any atom is 0.142 e. The Morgan fingerprint density at radius 3 is 2.35 bits per heavy atom. The standard InChI is InChI=1S/C21H29NO/c1-3-5-10-15-22-20-17-19(18-11-8-7-9-12-18)13-14-21(20)23-16-6-4-2/h7-9,11-14,17,22H,3-6,10,15-16H2,1-2H3. The smallest absolute Gasteiger partial charge is 0.142 e. The molecule has 0 bridgehead atoms. The lowest BCUT2D eigenvalue weighted by Crippen LogP contribution is -2.05. The van der Waals surface area contributed by atoms with E-state index in [-0.39, 0.29) is 0 Å². The summed E-state index contributed by atoms with van der Waals surface area (Å²) in [5.74, 6) is 0.967. The summed E-state index contributed by atoms with van der Waals surface area (Å²) in [6.45, 7) is 6.20. The van der Waals surface area contributed by atoms with Gasteiger partial charge in [-0.25, -0.2) is 0 Å². The molecule has 0 aliphatic rings. The van der Waals surface area contributed by atoms with Crippen molar-refractivity contribution in [3.63, 3.8) is 0 Å². The van der Waals surface area contributed by atoms with E-state index in [9.17, 15) is 0 Å². The molecule has 124 valence electrons. The van der Waals surface area contributed by atoms with Crippen molar-refractivity contribution >= 4 is 5.69 Å². The molecule has 2 nitrogen and oxygen atoms in total. The van der Waals surface area contributed by atoms with Crippen molar-refractivity contribution in [3.05, 3.63) is 48.5 Å². The highest BCUT2D eigenvalue weighted by Gasteiger charge is 2.06. The molecule has 2 aromatic rings. The first-order valence-electron chi connectivity index (χ1n) is 8.91. The zero-order chi connectivity index (χ0) is 16.3. The summed E-state index contributed by atoms with van der Waals surface area (Å²) in [7, 11) is 0. The van der Waals surface area contributed by atoms with E-state index in [1.807, 2.05) is 0 Å². The number of unbranched alkanes of at least 4 members (excludes halogenated alkanes) is 3. The summed E-state index contributed by atoms with van der Waals surface area (Å²) in [6, 6.07) is 17.0. The maximum atomic E-state index is 5.96. The van der Waals surface area contributed by atoms with Gasteiger partial charge in [-0.05, 0) is 36.1 Å². The van der Waals surface area contributed by atoms with Crippen molar-refractivity contribution < 1.29 is 4.74 Å². The normalized spacial score (nSPS) is 10.5. The summed E-state index contributed by atoms with van der Waals surface area (Å²) in [4.78, 5) is 0. The van der Waals surface area contributed by atoms with Crippen LogP contribution in [0.15, 0.2) is 48.5 Å². The van der Waals surface area contributed by atoms with Gasteiger partial charge >= 0.3 is 0 Å². The third kappa shape index (κ3) is 5.63. The lowest BCUT2D eigenvalue weighted by molar-refractivity contribution is 0.310. The van der Waals surface area contributed by atoms with E-state index in [0.717, 1.165) is 37.4 Å². The molecule has 2 aromatic carbocycles. The average Bonchev–Trinajstić information content (AvgIpc) is 2.60. The minimum atomic E-state index is 0.783. The predicted molar refractivity (Wildman–Crippen MR) is 100 cm³/mol. The molecular weight excluding hydrogens is 282 g/mol. The Kier molecular flexibility index (Phi) is 7.51. The summed E-state index contributed by atoms with van der Waals surface area (Å²) in [6.07, 6.45) is 5.94. The van der Waals surface area contributed by atoms with E-state index in [4.69, 9.17) is 4.74 Å². The number of ether oxygens (including phenoxy) is 1. The fourth-order valence-corrected chi connectivity index (χ4v) is 2.53. The van der Waals surface area contributed by atoms with Gasteiger partial charge in [0.1, 0.15) is 5.75 Å². The molecule has 0 aliphatic heterocycles. The molecule has 23 heavy (non-hydrogen) atoms. The van der Waals surface area contributed by atoms with Gasteiger partial charge < -0.3 is 10.1 Å². The molecule has 0 aliphatic carbocycles. The largest absolute Gasteiger partial charge is 0.491 e. The minimum Gasteiger partial charge on any atom is -0.491 e. The number of hydrogen-bond donors (Lipinski definition) is 1. The lowest BCUT2D eigenvalue weighted by Gasteiger charge is -2.15.